The average Bonchev–Trinajstić information content (AvgIpc) is 3.00. The molecule has 0 aliphatic rings. The van der Waals surface area contributed by atoms with Gasteiger partial charge in [-0.15, -0.1) is 11.3 Å². The molecule has 0 saturated heterocycles. The molecule has 24 heavy (non-hydrogen) atoms. The summed E-state index contributed by atoms with van der Waals surface area (Å²) >= 11 is 1.52. The number of hydrogen-bond acceptors (Lipinski definition) is 4. The van der Waals surface area contributed by atoms with E-state index in [2.05, 4.69) is 10.3 Å². The summed E-state index contributed by atoms with van der Waals surface area (Å²) < 4.78 is 5.56. The number of aromatic nitrogens is 1. The summed E-state index contributed by atoms with van der Waals surface area (Å²) in [5, 5.41) is 3.77. The number of nitrogens with one attached hydrogen (secondary N) is 1. The first-order valence-electron chi connectivity index (χ1n) is 7.75. The molecule has 0 aliphatic heterocycles. The van der Waals surface area contributed by atoms with Gasteiger partial charge in [-0.2, -0.15) is 0 Å². The lowest BCUT2D eigenvalue weighted by atomic mass is 10.1. The third-order valence-corrected chi connectivity index (χ3v) is 4.44. The van der Waals surface area contributed by atoms with Crippen LogP contribution in [0.15, 0.2) is 54.6 Å². The van der Waals surface area contributed by atoms with E-state index in [0.29, 0.717) is 23.7 Å². The van der Waals surface area contributed by atoms with Crippen molar-refractivity contribution in [2.24, 2.45) is 0 Å². The standard InChI is InChI=1S/C19H18N2O2S/c1-3-23-16-12-8-7-11-15(16)21-19(22)17-18(24-13(2)20-17)14-9-5-4-6-10-14/h4-12H,3H2,1-2H3,(H,21,22). The second-order valence-corrected chi connectivity index (χ2v) is 6.36. The lowest BCUT2D eigenvalue weighted by Crippen LogP contribution is -2.14. The van der Waals surface area contributed by atoms with E-state index in [1.807, 2.05) is 68.4 Å². The van der Waals surface area contributed by atoms with E-state index in [1.54, 1.807) is 0 Å². The molecule has 122 valence electrons. The molecule has 3 rings (SSSR count). The maximum atomic E-state index is 12.8. The molecule has 0 unspecified atom stereocenters. The molecule has 0 bridgehead atoms. The van der Waals surface area contributed by atoms with Crippen molar-refractivity contribution >= 4 is 22.9 Å². The molecule has 1 heterocycles. The largest absolute Gasteiger partial charge is 0.492 e. The van der Waals surface area contributed by atoms with Gasteiger partial charge in [0.25, 0.3) is 5.91 Å². The maximum Gasteiger partial charge on any atom is 0.275 e. The normalized spacial score (nSPS) is 10.4. The Labute approximate surface area is 145 Å². The number of ether oxygens (including phenoxy) is 1. The van der Waals surface area contributed by atoms with Gasteiger partial charge in [-0.3, -0.25) is 4.79 Å². The summed E-state index contributed by atoms with van der Waals surface area (Å²) in [7, 11) is 0. The van der Waals surface area contributed by atoms with Crippen molar-refractivity contribution in [2.45, 2.75) is 13.8 Å². The highest BCUT2D eigenvalue weighted by atomic mass is 32.1. The van der Waals surface area contributed by atoms with Gasteiger partial charge in [0, 0.05) is 0 Å². The van der Waals surface area contributed by atoms with Crippen LogP contribution in [-0.4, -0.2) is 17.5 Å². The van der Waals surface area contributed by atoms with Gasteiger partial charge in [0.2, 0.25) is 0 Å². The van der Waals surface area contributed by atoms with Crippen molar-refractivity contribution in [1.82, 2.24) is 4.98 Å². The quantitative estimate of drug-likeness (QED) is 0.729. The van der Waals surface area contributed by atoms with Gasteiger partial charge >= 0.3 is 0 Å². The van der Waals surface area contributed by atoms with E-state index in [-0.39, 0.29) is 5.91 Å². The van der Waals surface area contributed by atoms with Gasteiger partial charge in [0.15, 0.2) is 0 Å². The Hall–Kier alpha value is -2.66. The highest BCUT2D eigenvalue weighted by molar-refractivity contribution is 7.15. The molecule has 3 aromatic rings. The Bertz CT molecular complexity index is 844. The third kappa shape index (κ3) is 3.46. The first kappa shape index (κ1) is 16.2. The number of para-hydroxylation sites is 2. The molecule has 1 amide bonds. The van der Waals surface area contributed by atoms with Crippen LogP contribution in [0.2, 0.25) is 0 Å². The summed E-state index contributed by atoms with van der Waals surface area (Å²) in [4.78, 5) is 18.1. The molecule has 2 aromatic carbocycles. The fraction of sp³-hybridized carbons (Fsp3) is 0.158. The molecular formula is C19H18N2O2S. The monoisotopic (exact) mass is 338 g/mol. The smallest absolute Gasteiger partial charge is 0.275 e. The Morgan fingerprint density at radius 3 is 2.58 bits per heavy atom. The number of aryl methyl sites for hydroxylation is 1. The lowest BCUT2D eigenvalue weighted by Gasteiger charge is -2.11. The van der Waals surface area contributed by atoms with Crippen molar-refractivity contribution in [3.63, 3.8) is 0 Å². The van der Waals surface area contributed by atoms with E-state index in [4.69, 9.17) is 4.74 Å². The average molecular weight is 338 g/mol. The summed E-state index contributed by atoms with van der Waals surface area (Å²) in [6.45, 7) is 4.36. The second-order valence-electron chi connectivity index (χ2n) is 5.16. The first-order valence-corrected chi connectivity index (χ1v) is 8.56. The van der Waals surface area contributed by atoms with Crippen molar-refractivity contribution < 1.29 is 9.53 Å². The van der Waals surface area contributed by atoms with Crippen LogP contribution in [0.1, 0.15) is 22.4 Å². The van der Waals surface area contributed by atoms with Crippen LogP contribution in [0.25, 0.3) is 10.4 Å². The summed E-state index contributed by atoms with van der Waals surface area (Å²) in [6, 6.07) is 17.2. The van der Waals surface area contributed by atoms with Gasteiger partial charge in [0.05, 0.1) is 22.2 Å². The fourth-order valence-electron chi connectivity index (χ4n) is 2.40. The van der Waals surface area contributed by atoms with E-state index >= 15 is 0 Å². The number of amides is 1. The maximum absolute atomic E-state index is 12.8. The lowest BCUT2D eigenvalue weighted by molar-refractivity contribution is 0.102. The summed E-state index contributed by atoms with van der Waals surface area (Å²) in [5.74, 6) is 0.423. The molecule has 1 aromatic heterocycles. The molecule has 0 radical (unpaired) electrons. The first-order chi connectivity index (χ1) is 11.7. The highest BCUT2D eigenvalue weighted by Crippen LogP contribution is 2.31. The summed E-state index contributed by atoms with van der Waals surface area (Å²) in [5.41, 5.74) is 2.08. The number of rotatable bonds is 5. The summed E-state index contributed by atoms with van der Waals surface area (Å²) in [6.07, 6.45) is 0. The number of thiazole rings is 1. The minimum Gasteiger partial charge on any atom is -0.492 e. The van der Waals surface area contributed by atoms with Gasteiger partial charge in [-0.25, -0.2) is 4.98 Å². The Balaban J connectivity index is 1.92. The van der Waals surface area contributed by atoms with Gasteiger partial charge in [-0.1, -0.05) is 42.5 Å². The van der Waals surface area contributed by atoms with Crippen molar-refractivity contribution in [3.05, 3.63) is 65.3 Å². The van der Waals surface area contributed by atoms with Crippen molar-refractivity contribution in [2.75, 3.05) is 11.9 Å². The van der Waals surface area contributed by atoms with Crippen LogP contribution < -0.4 is 10.1 Å². The molecular weight excluding hydrogens is 320 g/mol. The van der Waals surface area contributed by atoms with Gasteiger partial charge < -0.3 is 10.1 Å². The number of nitrogens with zero attached hydrogens (tertiary/aromatic N) is 1. The molecule has 0 fully saturated rings. The highest BCUT2D eigenvalue weighted by Gasteiger charge is 2.19. The Morgan fingerprint density at radius 2 is 1.83 bits per heavy atom. The van der Waals surface area contributed by atoms with Gasteiger partial charge in [-0.05, 0) is 31.5 Å². The second kappa shape index (κ2) is 7.27. The van der Waals surface area contributed by atoms with Crippen LogP contribution in [-0.2, 0) is 0 Å². The number of carbonyl (C=O) groups excluding carboxylic acids is 1. The van der Waals surface area contributed by atoms with Crippen molar-refractivity contribution in [3.8, 4) is 16.2 Å². The molecule has 5 heteroatoms. The van der Waals surface area contributed by atoms with E-state index in [9.17, 15) is 4.79 Å². The molecule has 4 nitrogen and oxygen atoms in total. The van der Waals surface area contributed by atoms with E-state index < -0.39 is 0 Å². The third-order valence-electron chi connectivity index (χ3n) is 3.42. The molecule has 0 atom stereocenters. The SMILES string of the molecule is CCOc1ccccc1NC(=O)c1nc(C)sc1-c1ccccc1. The number of carbonyl (C=O) groups is 1. The van der Waals surface area contributed by atoms with Crippen LogP contribution >= 0.6 is 11.3 Å². The van der Waals surface area contributed by atoms with Crippen LogP contribution in [0.5, 0.6) is 5.75 Å². The molecule has 0 aliphatic carbocycles. The number of anilines is 1. The van der Waals surface area contributed by atoms with Crippen molar-refractivity contribution in [1.29, 1.82) is 0 Å². The predicted octanol–water partition coefficient (Wildman–Crippen LogP) is 4.77. The van der Waals surface area contributed by atoms with Crippen LogP contribution in [0, 0.1) is 6.92 Å². The Kier molecular flexibility index (Phi) is 4.91. The fourth-order valence-corrected chi connectivity index (χ4v) is 3.32. The van der Waals surface area contributed by atoms with Crippen LogP contribution in [0.4, 0.5) is 5.69 Å². The Morgan fingerprint density at radius 1 is 1.12 bits per heavy atom. The molecule has 0 saturated carbocycles. The zero-order chi connectivity index (χ0) is 16.9. The minimum absolute atomic E-state index is 0.231. The molecule has 0 spiro atoms. The topological polar surface area (TPSA) is 51.2 Å². The molecule has 1 N–H and O–H groups in total. The van der Waals surface area contributed by atoms with E-state index in [1.165, 1.54) is 11.3 Å². The zero-order valence-electron chi connectivity index (χ0n) is 13.6. The number of benzene rings is 2. The van der Waals surface area contributed by atoms with E-state index in [0.717, 1.165) is 15.4 Å². The predicted molar refractivity (Wildman–Crippen MR) is 97.9 cm³/mol. The van der Waals surface area contributed by atoms with Crippen LogP contribution in [0.3, 0.4) is 0 Å². The number of hydrogen-bond donors (Lipinski definition) is 1. The van der Waals surface area contributed by atoms with Gasteiger partial charge in [0.1, 0.15) is 11.4 Å². The zero-order valence-corrected chi connectivity index (χ0v) is 14.4. The minimum atomic E-state index is -0.231.